The van der Waals surface area contributed by atoms with Gasteiger partial charge in [-0.1, -0.05) is 23.7 Å². The minimum Gasteiger partial charge on any atom is -0.486 e. The Balaban J connectivity index is 1.30. The first-order valence-corrected chi connectivity index (χ1v) is 12.1. The molecule has 1 aliphatic rings. The highest BCUT2D eigenvalue weighted by Gasteiger charge is 2.20. The lowest BCUT2D eigenvalue weighted by atomic mass is 10.1. The van der Waals surface area contributed by atoms with Crippen molar-refractivity contribution in [2.45, 2.75) is 39.0 Å². The molecule has 0 amide bonds. The molecule has 2 atom stereocenters. The number of hydrogen-bond acceptors (Lipinski definition) is 6. The number of H-pyrrole nitrogens is 1. The number of ether oxygens (including phenoxy) is 1. The van der Waals surface area contributed by atoms with Crippen molar-refractivity contribution in [3.05, 3.63) is 82.0 Å². The first kappa shape index (κ1) is 23.5. The number of fused-ring (bicyclic) bond motifs is 1. The molecule has 35 heavy (non-hydrogen) atoms. The molecule has 0 aliphatic carbocycles. The molecule has 8 heteroatoms. The van der Waals surface area contributed by atoms with Crippen molar-refractivity contribution in [3.8, 4) is 5.75 Å². The number of pyridine rings is 2. The maximum atomic E-state index is 9.70. The third-order valence-electron chi connectivity index (χ3n) is 6.34. The summed E-state index contributed by atoms with van der Waals surface area (Å²) in [6.45, 7) is 6.35. The molecule has 3 aromatic heterocycles. The summed E-state index contributed by atoms with van der Waals surface area (Å²) in [6.07, 6.45) is 9.68. The van der Waals surface area contributed by atoms with Crippen molar-refractivity contribution in [2.75, 3.05) is 13.1 Å². The third-order valence-corrected chi connectivity index (χ3v) is 6.64. The predicted molar refractivity (Wildman–Crippen MR) is 138 cm³/mol. The number of rotatable bonds is 7. The molecule has 4 heterocycles. The van der Waals surface area contributed by atoms with Crippen LogP contribution in [0.25, 0.3) is 23.1 Å². The van der Waals surface area contributed by atoms with Gasteiger partial charge in [-0.15, -0.1) is 0 Å². The van der Waals surface area contributed by atoms with E-state index in [0.29, 0.717) is 5.02 Å². The van der Waals surface area contributed by atoms with E-state index in [1.54, 1.807) is 12.4 Å². The Labute approximate surface area is 209 Å². The smallest absolute Gasteiger partial charge is 0.123 e. The number of benzene rings is 1. The average Bonchev–Trinajstić information content (AvgIpc) is 3.44. The molecule has 0 bridgehead atoms. The van der Waals surface area contributed by atoms with Crippen molar-refractivity contribution >= 4 is 34.7 Å². The van der Waals surface area contributed by atoms with Crippen molar-refractivity contribution in [1.82, 2.24) is 25.1 Å². The molecule has 5 rings (SSSR count). The summed E-state index contributed by atoms with van der Waals surface area (Å²) in [7, 11) is 0. The van der Waals surface area contributed by atoms with E-state index in [4.69, 9.17) is 16.3 Å². The fourth-order valence-electron chi connectivity index (χ4n) is 4.52. The highest BCUT2D eigenvalue weighted by atomic mass is 35.5. The Kier molecular flexibility index (Phi) is 6.81. The maximum Gasteiger partial charge on any atom is 0.123 e. The van der Waals surface area contributed by atoms with Gasteiger partial charge in [0.1, 0.15) is 11.9 Å². The van der Waals surface area contributed by atoms with Gasteiger partial charge >= 0.3 is 0 Å². The molecule has 1 aromatic carbocycles. The molecule has 2 N–H and O–H groups in total. The molecule has 0 spiro atoms. The van der Waals surface area contributed by atoms with Crippen molar-refractivity contribution < 1.29 is 9.84 Å². The molecule has 4 aromatic rings. The van der Waals surface area contributed by atoms with Crippen LogP contribution in [0.2, 0.25) is 5.02 Å². The molecule has 7 nitrogen and oxygen atoms in total. The van der Waals surface area contributed by atoms with Gasteiger partial charge in [0.05, 0.1) is 28.0 Å². The molecule has 1 saturated heterocycles. The van der Waals surface area contributed by atoms with Crippen LogP contribution in [-0.4, -0.2) is 49.4 Å². The minimum absolute atomic E-state index is 0.215. The first-order valence-electron chi connectivity index (χ1n) is 11.7. The lowest BCUT2D eigenvalue weighted by Gasteiger charge is -2.18. The van der Waals surface area contributed by atoms with Crippen LogP contribution >= 0.6 is 11.6 Å². The highest BCUT2D eigenvalue weighted by Crippen LogP contribution is 2.31. The van der Waals surface area contributed by atoms with E-state index in [-0.39, 0.29) is 12.2 Å². The van der Waals surface area contributed by atoms with Gasteiger partial charge in [-0.25, -0.2) is 0 Å². The number of likely N-dealkylation sites (tertiary alicyclic amines) is 1. The van der Waals surface area contributed by atoms with E-state index in [2.05, 4.69) is 31.1 Å². The monoisotopic (exact) mass is 489 g/mol. The largest absolute Gasteiger partial charge is 0.486 e. The second-order valence-corrected chi connectivity index (χ2v) is 9.43. The van der Waals surface area contributed by atoms with Crippen molar-refractivity contribution in [2.24, 2.45) is 0 Å². The zero-order chi connectivity index (χ0) is 24.4. The lowest BCUT2D eigenvalue weighted by Crippen LogP contribution is -2.21. The number of halogens is 1. The molecule has 0 saturated carbocycles. The highest BCUT2D eigenvalue weighted by molar-refractivity contribution is 6.31. The molecule has 0 unspecified atom stereocenters. The van der Waals surface area contributed by atoms with Crippen molar-refractivity contribution in [1.29, 1.82) is 0 Å². The summed E-state index contributed by atoms with van der Waals surface area (Å²) in [4.78, 5) is 10.9. The van der Waals surface area contributed by atoms with Gasteiger partial charge in [0.25, 0.3) is 0 Å². The van der Waals surface area contributed by atoms with E-state index in [9.17, 15) is 5.11 Å². The Hall–Kier alpha value is -3.26. The van der Waals surface area contributed by atoms with E-state index in [1.807, 2.05) is 56.5 Å². The fraction of sp³-hybridized carbons (Fsp3) is 0.296. The van der Waals surface area contributed by atoms with E-state index < -0.39 is 0 Å². The van der Waals surface area contributed by atoms with Gasteiger partial charge in [0.2, 0.25) is 0 Å². The van der Waals surface area contributed by atoms with Gasteiger partial charge in [0.15, 0.2) is 0 Å². The lowest BCUT2D eigenvalue weighted by molar-refractivity contribution is 0.174. The summed E-state index contributed by atoms with van der Waals surface area (Å²) in [5.74, 6) is 0.742. The van der Waals surface area contributed by atoms with Crippen LogP contribution in [0.5, 0.6) is 5.75 Å². The Morgan fingerprint density at radius 1 is 1.23 bits per heavy atom. The number of nitrogens with one attached hydrogen (secondary N) is 1. The first-order chi connectivity index (χ1) is 17.0. The number of β-amino-alcohol motifs (C(OH)–C–C–N with tert-alkyl or cyclic N) is 1. The molecular formula is C27H28ClN5O2. The average molecular weight is 490 g/mol. The third kappa shape index (κ3) is 5.37. The Morgan fingerprint density at radius 2 is 2.11 bits per heavy atom. The summed E-state index contributed by atoms with van der Waals surface area (Å²) in [6, 6.07) is 9.97. The summed E-state index contributed by atoms with van der Waals surface area (Å²) < 4.78 is 6.22. The van der Waals surface area contributed by atoms with Gasteiger partial charge < -0.3 is 9.84 Å². The van der Waals surface area contributed by atoms with E-state index in [0.717, 1.165) is 70.8 Å². The van der Waals surface area contributed by atoms with Crippen LogP contribution in [0.4, 0.5) is 0 Å². The van der Waals surface area contributed by atoms with Crippen molar-refractivity contribution in [3.63, 3.8) is 0 Å². The van der Waals surface area contributed by atoms with Crippen LogP contribution in [0, 0.1) is 6.92 Å². The zero-order valence-corrected chi connectivity index (χ0v) is 20.5. The number of aliphatic hydroxyl groups excluding tert-OH is 1. The van der Waals surface area contributed by atoms with Gasteiger partial charge in [-0.05, 0) is 61.7 Å². The van der Waals surface area contributed by atoms with Crippen LogP contribution in [0.3, 0.4) is 0 Å². The fourth-order valence-corrected chi connectivity index (χ4v) is 4.88. The second-order valence-electron chi connectivity index (χ2n) is 9.02. The van der Waals surface area contributed by atoms with Gasteiger partial charge in [-0.2, -0.15) is 5.10 Å². The summed E-state index contributed by atoms with van der Waals surface area (Å²) in [5.41, 5.74) is 5.69. The Morgan fingerprint density at radius 3 is 2.86 bits per heavy atom. The SMILES string of the molecule is Cc1cncc(Cl)c1[C@@H](C)Oc1ccc2[nH]nc(/C=C/c3ccc(CN4CC[C@H](O)C4)nc3)c2c1. The number of aromatic amines is 1. The van der Waals surface area contributed by atoms with Crippen LogP contribution < -0.4 is 4.74 Å². The molecule has 180 valence electrons. The second kappa shape index (κ2) is 10.2. The van der Waals surface area contributed by atoms with Gasteiger partial charge in [0, 0.05) is 49.2 Å². The molecule has 1 fully saturated rings. The topological polar surface area (TPSA) is 87.2 Å². The maximum absolute atomic E-state index is 9.70. The standard InChI is InChI=1S/C27H28ClN5O2/c1-17-12-29-14-24(28)27(17)18(2)35-22-6-8-26-23(11-22)25(31-32-26)7-4-19-3-5-20(30-13-19)15-33-10-9-21(34)16-33/h3-8,11-14,18,21,34H,9-10,15-16H2,1-2H3,(H,31,32)/b7-4+/t18-,21+/m1/s1. The van der Waals surface area contributed by atoms with E-state index >= 15 is 0 Å². The number of aromatic nitrogens is 4. The zero-order valence-electron chi connectivity index (χ0n) is 19.8. The minimum atomic E-state index is -0.220. The molecule has 1 aliphatic heterocycles. The molecular weight excluding hydrogens is 462 g/mol. The number of aliphatic hydroxyl groups is 1. The van der Waals surface area contributed by atoms with Crippen LogP contribution in [0.15, 0.2) is 48.9 Å². The van der Waals surface area contributed by atoms with Crippen LogP contribution in [0.1, 0.15) is 47.5 Å². The normalized spacial score (nSPS) is 17.4. The predicted octanol–water partition coefficient (Wildman–Crippen LogP) is 5.19. The van der Waals surface area contributed by atoms with Gasteiger partial charge in [-0.3, -0.25) is 20.0 Å². The quantitative estimate of drug-likeness (QED) is 0.371. The van der Waals surface area contributed by atoms with E-state index in [1.165, 1.54) is 0 Å². The molecule has 0 radical (unpaired) electrons. The van der Waals surface area contributed by atoms with Crippen LogP contribution in [-0.2, 0) is 6.54 Å². The number of hydrogen-bond donors (Lipinski definition) is 2. The Bertz CT molecular complexity index is 1330. The summed E-state index contributed by atoms with van der Waals surface area (Å²) >= 11 is 6.37. The number of aryl methyl sites for hydroxylation is 1. The number of nitrogens with zero attached hydrogens (tertiary/aromatic N) is 4. The summed E-state index contributed by atoms with van der Waals surface area (Å²) in [5, 5.41) is 18.8.